The molecule has 1 amide bonds. The predicted molar refractivity (Wildman–Crippen MR) is 149 cm³/mol. The van der Waals surface area contributed by atoms with Crippen LogP contribution in [-0.4, -0.2) is 78.1 Å². The zero-order valence-corrected chi connectivity index (χ0v) is 24.9. The second-order valence-corrected chi connectivity index (χ2v) is 12.5. The van der Waals surface area contributed by atoms with Crippen molar-refractivity contribution < 1.29 is 49.7 Å². The van der Waals surface area contributed by atoms with Gasteiger partial charge < -0.3 is 24.8 Å². The number of sulfone groups is 1. The number of aromatic nitrogens is 3. The summed E-state index contributed by atoms with van der Waals surface area (Å²) in [4.78, 5) is 26.9. The van der Waals surface area contributed by atoms with Gasteiger partial charge in [0.15, 0.2) is 9.84 Å². The number of hydrogen-bond donors (Lipinski definition) is 2. The van der Waals surface area contributed by atoms with Crippen LogP contribution < -0.4 is 15.0 Å². The highest BCUT2D eigenvalue weighted by Crippen LogP contribution is 2.32. The standard InChI is InChI=1S/C28H30F5N5O6S/c1-3-45(41,42)22-8-9-23(34-13-22)24(15-39)37-25(40)17-11-35-26(36-12-17)38-14-21(10-19(38)16-43-27(2,29)30)44-20-6-4-18(5-7-20)28(31,32)33/h4-9,11-13,19,21,24,39H,3,10,14-16H2,1-2H3,(H,37,40)/t19-,21?,24-/m0/s1. The van der Waals surface area contributed by atoms with E-state index in [1.165, 1.54) is 36.4 Å². The number of benzene rings is 1. The highest BCUT2D eigenvalue weighted by atomic mass is 32.2. The fraction of sp³-hybridized carbons (Fsp3) is 0.429. The molecule has 1 unspecified atom stereocenters. The number of pyridine rings is 1. The number of carbonyl (C=O) groups excluding carboxylic acids is 1. The maximum atomic E-state index is 13.5. The molecule has 4 rings (SSSR count). The van der Waals surface area contributed by atoms with Crippen molar-refractivity contribution in [2.24, 2.45) is 0 Å². The molecule has 0 radical (unpaired) electrons. The van der Waals surface area contributed by atoms with Crippen molar-refractivity contribution >= 4 is 21.7 Å². The average Bonchev–Trinajstić information content (AvgIpc) is 3.40. The third kappa shape index (κ3) is 8.82. The summed E-state index contributed by atoms with van der Waals surface area (Å²) in [5.74, 6) is -0.583. The lowest BCUT2D eigenvalue weighted by Crippen LogP contribution is -2.37. The van der Waals surface area contributed by atoms with Gasteiger partial charge in [0.1, 0.15) is 11.9 Å². The lowest BCUT2D eigenvalue weighted by molar-refractivity contribution is -0.226. The van der Waals surface area contributed by atoms with Crippen molar-refractivity contribution in [2.45, 2.75) is 55.6 Å². The minimum Gasteiger partial charge on any atom is -0.489 e. The summed E-state index contributed by atoms with van der Waals surface area (Å²) in [6.45, 7) is 1.17. The zero-order valence-electron chi connectivity index (χ0n) is 24.0. The Labute approximate surface area is 255 Å². The molecule has 1 saturated heterocycles. The minimum atomic E-state index is -4.52. The maximum Gasteiger partial charge on any atom is 0.416 e. The van der Waals surface area contributed by atoms with Crippen LogP contribution in [0.2, 0.25) is 0 Å². The number of aliphatic hydroxyl groups excluding tert-OH is 1. The molecule has 2 aromatic heterocycles. The SMILES string of the molecule is CCS(=O)(=O)c1ccc([C@H](CO)NC(=O)c2cnc(N3CC(Oc4ccc(C(F)(F)F)cc4)C[C@H]3COC(C)(F)F)nc2)nc1. The van der Waals surface area contributed by atoms with Crippen LogP contribution in [0, 0.1) is 0 Å². The number of ether oxygens (including phenoxy) is 2. The summed E-state index contributed by atoms with van der Waals surface area (Å²) < 4.78 is 100. The number of halogens is 5. The van der Waals surface area contributed by atoms with Gasteiger partial charge in [0.05, 0.1) is 59.3 Å². The summed E-state index contributed by atoms with van der Waals surface area (Å²) in [5, 5.41) is 12.4. The first-order valence-electron chi connectivity index (χ1n) is 13.6. The van der Waals surface area contributed by atoms with Gasteiger partial charge in [-0.05, 0) is 36.4 Å². The highest BCUT2D eigenvalue weighted by Gasteiger charge is 2.38. The monoisotopic (exact) mass is 659 g/mol. The third-order valence-corrected chi connectivity index (χ3v) is 8.61. The highest BCUT2D eigenvalue weighted by molar-refractivity contribution is 7.91. The Hall–Kier alpha value is -3.96. The van der Waals surface area contributed by atoms with Crippen LogP contribution >= 0.6 is 0 Å². The number of rotatable bonds is 12. The van der Waals surface area contributed by atoms with Gasteiger partial charge in [-0.3, -0.25) is 9.78 Å². The first-order chi connectivity index (χ1) is 21.1. The first kappa shape index (κ1) is 33.9. The van der Waals surface area contributed by atoms with Gasteiger partial charge in [-0.1, -0.05) is 6.92 Å². The molecule has 1 aromatic carbocycles. The topological polar surface area (TPSA) is 144 Å². The van der Waals surface area contributed by atoms with Crippen molar-refractivity contribution in [3.05, 3.63) is 71.8 Å². The van der Waals surface area contributed by atoms with Crippen LogP contribution in [0.5, 0.6) is 5.75 Å². The Morgan fingerprint density at radius 1 is 1.07 bits per heavy atom. The van der Waals surface area contributed by atoms with E-state index in [0.29, 0.717) is 6.92 Å². The van der Waals surface area contributed by atoms with Gasteiger partial charge in [0.25, 0.3) is 5.91 Å². The fourth-order valence-corrected chi connectivity index (χ4v) is 5.33. The molecule has 244 valence electrons. The fourth-order valence-electron chi connectivity index (χ4n) is 4.51. The Morgan fingerprint density at radius 2 is 1.73 bits per heavy atom. The Kier molecular flexibility index (Phi) is 10.2. The van der Waals surface area contributed by atoms with Gasteiger partial charge >= 0.3 is 12.3 Å². The molecule has 45 heavy (non-hydrogen) atoms. The molecule has 0 aliphatic carbocycles. The Balaban J connectivity index is 1.45. The molecule has 2 N–H and O–H groups in total. The van der Waals surface area contributed by atoms with Crippen LogP contribution in [0.25, 0.3) is 0 Å². The van der Waals surface area contributed by atoms with Crippen molar-refractivity contribution in [2.75, 3.05) is 30.4 Å². The lowest BCUT2D eigenvalue weighted by Gasteiger charge is -2.25. The maximum absolute atomic E-state index is 13.5. The van der Waals surface area contributed by atoms with E-state index in [4.69, 9.17) is 4.74 Å². The Morgan fingerprint density at radius 3 is 2.27 bits per heavy atom. The van der Waals surface area contributed by atoms with Crippen molar-refractivity contribution in [3.8, 4) is 5.75 Å². The van der Waals surface area contributed by atoms with Gasteiger partial charge in [0, 0.05) is 31.9 Å². The molecular formula is C28H30F5N5O6S. The molecule has 17 heteroatoms. The van der Waals surface area contributed by atoms with Crippen LogP contribution in [0.1, 0.15) is 47.9 Å². The van der Waals surface area contributed by atoms with Crippen molar-refractivity contribution in [1.82, 2.24) is 20.3 Å². The number of anilines is 1. The van der Waals surface area contributed by atoms with E-state index in [1.807, 2.05) is 0 Å². The van der Waals surface area contributed by atoms with Gasteiger partial charge in [-0.15, -0.1) is 0 Å². The zero-order chi connectivity index (χ0) is 33.0. The van der Waals surface area contributed by atoms with Crippen LogP contribution in [-0.2, 0) is 20.8 Å². The second kappa shape index (κ2) is 13.6. The van der Waals surface area contributed by atoms with Gasteiger partial charge in [-0.2, -0.15) is 22.0 Å². The normalized spacial score (nSPS) is 18.1. The predicted octanol–water partition coefficient (Wildman–Crippen LogP) is 3.80. The molecule has 1 fully saturated rings. The van der Waals surface area contributed by atoms with Crippen LogP contribution in [0.4, 0.5) is 27.9 Å². The first-order valence-corrected chi connectivity index (χ1v) is 15.3. The second-order valence-electron chi connectivity index (χ2n) is 10.2. The van der Waals surface area contributed by atoms with E-state index in [9.17, 15) is 40.3 Å². The summed E-state index contributed by atoms with van der Waals surface area (Å²) in [5.41, 5.74) is -0.643. The summed E-state index contributed by atoms with van der Waals surface area (Å²) in [7, 11) is -3.49. The van der Waals surface area contributed by atoms with E-state index in [0.717, 1.165) is 30.5 Å². The number of amides is 1. The number of aliphatic hydroxyl groups is 1. The van der Waals surface area contributed by atoms with E-state index in [1.54, 1.807) is 0 Å². The van der Waals surface area contributed by atoms with Crippen molar-refractivity contribution in [1.29, 1.82) is 0 Å². The van der Waals surface area contributed by atoms with Gasteiger partial charge in [-0.25, -0.2) is 18.4 Å². The lowest BCUT2D eigenvalue weighted by atomic mass is 10.2. The van der Waals surface area contributed by atoms with Crippen molar-refractivity contribution in [3.63, 3.8) is 0 Å². The number of hydrogen-bond acceptors (Lipinski definition) is 10. The third-order valence-electron chi connectivity index (χ3n) is 6.89. The number of carbonyl (C=O) groups is 1. The number of nitrogens with one attached hydrogen (secondary N) is 1. The summed E-state index contributed by atoms with van der Waals surface area (Å²) >= 11 is 0. The quantitative estimate of drug-likeness (QED) is 0.276. The molecule has 1 aliphatic heterocycles. The van der Waals surface area contributed by atoms with E-state index in [2.05, 4.69) is 25.0 Å². The smallest absolute Gasteiger partial charge is 0.416 e. The van der Waals surface area contributed by atoms with E-state index in [-0.39, 0.29) is 46.6 Å². The molecule has 3 heterocycles. The molecule has 0 spiro atoms. The summed E-state index contributed by atoms with van der Waals surface area (Å²) in [6, 6.07) is 5.10. The molecule has 0 saturated carbocycles. The molecule has 1 aliphatic rings. The summed E-state index contributed by atoms with van der Waals surface area (Å²) in [6.07, 6.45) is -4.91. The van der Waals surface area contributed by atoms with Crippen LogP contribution in [0.15, 0.2) is 59.9 Å². The average molecular weight is 660 g/mol. The van der Waals surface area contributed by atoms with Crippen LogP contribution in [0.3, 0.4) is 0 Å². The van der Waals surface area contributed by atoms with E-state index < -0.39 is 65.0 Å². The largest absolute Gasteiger partial charge is 0.489 e. The van der Waals surface area contributed by atoms with Gasteiger partial charge in [0.2, 0.25) is 5.95 Å². The molecule has 0 bridgehead atoms. The minimum absolute atomic E-state index is 0.000951. The molecule has 11 nitrogen and oxygen atoms in total. The Bertz CT molecular complexity index is 1550. The molecule has 3 aromatic rings. The number of nitrogens with zero attached hydrogens (tertiary/aromatic N) is 4. The molecular weight excluding hydrogens is 629 g/mol. The number of alkyl halides is 5. The molecule has 3 atom stereocenters. The van der Waals surface area contributed by atoms with E-state index >= 15 is 0 Å².